The Kier molecular flexibility index (Phi) is 7.55. The van der Waals surface area contributed by atoms with E-state index in [1.807, 2.05) is 6.92 Å². The van der Waals surface area contributed by atoms with Crippen LogP contribution >= 0.6 is 0 Å². The topological polar surface area (TPSA) is 118 Å². The van der Waals surface area contributed by atoms with Crippen LogP contribution in [-0.2, 0) is 16.1 Å². The lowest BCUT2D eigenvalue weighted by molar-refractivity contribution is -0.139. The number of hydrogen-bond donors (Lipinski definition) is 3. The van der Waals surface area contributed by atoms with Crippen LogP contribution in [0.15, 0.2) is 10.9 Å². The molecule has 1 aromatic heterocycles. The first kappa shape index (κ1) is 21.4. The van der Waals surface area contributed by atoms with Crippen LogP contribution in [0.2, 0.25) is 0 Å². The minimum Gasteiger partial charge on any atom is -0.480 e. The molecule has 1 aromatic rings. The van der Waals surface area contributed by atoms with Crippen molar-refractivity contribution in [3.8, 4) is 0 Å². The number of nitrogens with zero attached hydrogens (tertiary/aromatic N) is 1. The molecular formula is C18H27N3O5. The number of aryl methyl sites for hydroxylation is 1. The summed E-state index contributed by atoms with van der Waals surface area (Å²) in [7, 11) is 0. The van der Waals surface area contributed by atoms with Gasteiger partial charge in [-0.15, -0.1) is 0 Å². The Bertz CT molecular complexity index is 752. The maximum absolute atomic E-state index is 12.6. The number of carboxylic acids is 1. The summed E-state index contributed by atoms with van der Waals surface area (Å²) in [6.07, 6.45) is 0.902. The number of aliphatic carboxylic acids is 1. The predicted octanol–water partition coefficient (Wildman–Crippen LogP) is 0.973. The number of nitrogens with one attached hydrogen (secondary N) is 2. The van der Waals surface area contributed by atoms with Crippen molar-refractivity contribution >= 4 is 17.8 Å². The van der Waals surface area contributed by atoms with E-state index in [0.29, 0.717) is 24.1 Å². The molecule has 2 amide bonds. The Morgan fingerprint density at radius 3 is 2.31 bits per heavy atom. The summed E-state index contributed by atoms with van der Waals surface area (Å²) in [6, 6.07) is 0.202. The average molecular weight is 365 g/mol. The molecule has 3 N–H and O–H groups in total. The smallest absolute Gasteiger partial charge is 0.326 e. The maximum atomic E-state index is 12.6. The fourth-order valence-electron chi connectivity index (χ4n) is 2.75. The molecule has 0 aliphatic heterocycles. The fraction of sp³-hybridized carbons (Fsp3) is 0.556. The summed E-state index contributed by atoms with van der Waals surface area (Å²) in [5.74, 6) is -2.02. The first-order chi connectivity index (χ1) is 12.1. The monoisotopic (exact) mass is 365 g/mol. The number of carboxylic acid groups (broad SMARTS) is 1. The number of carbonyl (C=O) groups excluding carboxylic acids is 2. The summed E-state index contributed by atoms with van der Waals surface area (Å²) in [5.41, 5.74) is 0.585. The fourth-order valence-corrected chi connectivity index (χ4v) is 2.75. The molecule has 0 bridgehead atoms. The number of hydrogen-bond acceptors (Lipinski definition) is 4. The highest BCUT2D eigenvalue weighted by Gasteiger charge is 2.23. The average Bonchev–Trinajstić information content (AvgIpc) is 2.50. The summed E-state index contributed by atoms with van der Waals surface area (Å²) in [4.78, 5) is 48.1. The van der Waals surface area contributed by atoms with Crippen molar-refractivity contribution in [2.75, 3.05) is 0 Å². The normalized spacial score (nSPS) is 11.9. The van der Waals surface area contributed by atoms with Gasteiger partial charge >= 0.3 is 5.97 Å². The van der Waals surface area contributed by atoms with E-state index in [1.54, 1.807) is 27.7 Å². The molecule has 0 aliphatic carbocycles. The molecule has 144 valence electrons. The van der Waals surface area contributed by atoms with E-state index in [9.17, 15) is 24.3 Å². The third-order valence-corrected chi connectivity index (χ3v) is 3.93. The van der Waals surface area contributed by atoms with Crippen LogP contribution in [0.4, 0.5) is 0 Å². The summed E-state index contributed by atoms with van der Waals surface area (Å²) >= 11 is 0. The second kappa shape index (κ2) is 9.17. The van der Waals surface area contributed by atoms with E-state index in [0.717, 1.165) is 0 Å². The van der Waals surface area contributed by atoms with Crippen LogP contribution < -0.4 is 16.2 Å². The van der Waals surface area contributed by atoms with Crippen molar-refractivity contribution in [1.29, 1.82) is 0 Å². The number of aromatic nitrogens is 1. The Labute approximate surface area is 152 Å². The van der Waals surface area contributed by atoms with Gasteiger partial charge in [0.2, 0.25) is 5.91 Å². The third kappa shape index (κ3) is 5.44. The molecule has 0 saturated carbocycles. The predicted molar refractivity (Wildman–Crippen MR) is 97.3 cm³/mol. The minimum atomic E-state index is -1.11. The summed E-state index contributed by atoms with van der Waals surface area (Å²) in [6.45, 7) is 8.41. The number of carbonyl (C=O) groups is 3. The molecule has 1 atom stereocenters. The Hall–Kier alpha value is -2.64. The van der Waals surface area contributed by atoms with Crippen molar-refractivity contribution in [1.82, 2.24) is 15.2 Å². The molecular weight excluding hydrogens is 338 g/mol. The lowest BCUT2D eigenvalue weighted by atomic mass is 10.1. The molecule has 0 aliphatic rings. The standard InChI is InChI=1S/C18H27N3O5/c1-6-7-13(18(25)26)20-17(24)16-11(4)8-15(23)21(12(16)5)9-14(22)19-10(2)3/h8,10,13H,6-7,9H2,1-5H3,(H,19,22)(H,20,24)(H,25,26). The molecule has 0 aromatic carbocycles. The second-order valence-corrected chi connectivity index (χ2v) is 6.59. The molecule has 0 spiro atoms. The summed E-state index contributed by atoms with van der Waals surface area (Å²) in [5, 5.41) is 14.4. The molecule has 8 heteroatoms. The van der Waals surface area contributed by atoms with Crippen LogP contribution in [0.3, 0.4) is 0 Å². The van der Waals surface area contributed by atoms with Crippen molar-refractivity contribution in [2.24, 2.45) is 0 Å². The Balaban J connectivity index is 3.21. The molecule has 26 heavy (non-hydrogen) atoms. The van der Waals surface area contributed by atoms with Gasteiger partial charge in [0, 0.05) is 17.8 Å². The second-order valence-electron chi connectivity index (χ2n) is 6.59. The molecule has 8 nitrogen and oxygen atoms in total. The zero-order valence-corrected chi connectivity index (χ0v) is 15.9. The minimum absolute atomic E-state index is 0.0721. The van der Waals surface area contributed by atoms with Gasteiger partial charge in [0.1, 0.15) is 12.6 Å². The maximum Gasteiger partial charge on any atom is 0.326 e. The molecule has 1 unspecified atom stereocenters. The van der Waals surface area contributed by atoms with Crippen molar-refractivity contribution in [2.45, 2.75) is 66.1 Å². The number of rotatable bonds is 8. The van der Waals surface area contributed by atoms with Gasteiger partial charge in [-0.3, -0.25) is 14.4 Å². The van der Waals surface area contributed by atoms with E-state index in [4.69, 9.17) is 0 Å². The van der Waals surface area contributed by atoms with Crippen LogP contribution in [0, 0.1) is 13.8 Å². The lowest BCUT2D eigenvalue weighted by Crippen LogP contribution is -2.42. The van der Waals surface area contributed by atoms with Gasteiger partial charge in [-0.1, -0.05) is 13.3 Å². The van der Waals surface area contributed by atoms with Gasteiger partial charge in [-0.05, 0) is 39.7 Å². The van der Waals surface area contributed by atoms with Crippen LogP contribution in [0.1, 0.15) is 55.2 Å². The zero-order chi connectivity index (χ0) is 20.0. The third-order valence-electron chi connectivity index (χ3n) is 3.93. The SMILES string of the molecule is CCCC(NC(=O)c1c(C)cc(=O)n(CC(=O)NC(C)C)c1C)C(=O)O. The van der Waals surface area contributed by atoms with Gasteiger partial charge in [-0.2, -0.15) is 0 Å². The lowest BCUT2D eigenvalue weighted by Gasteiger charge is -2.19. The number of pyridine rings is 1. The largest absolute Gasteiger partial charge is 0.480 e. The van der Waals surface area contributed by atoms with Gasteiger partial charge in [0.05, 0.1) is 5.56 Å². The van der Waals surface area contributed by atoms with Crippen LogP contribution in [0.5, 0.6) is 0 Å². The first-order valence-electron chi connectivity index (χ1n) is 8.62. The van der Waals surface area contributed by atoms with Crippen molar-refractivity contribution < 1.29 is 19.5 Å². The highest BCUT2D eigenvalue weighted by molar-refractivity contribution is 5.98. The van der Waals surface area contributed by atoms with Gasteiger partial charge in [0.15, 0.2) is 0 Å². The summed E-state index contributed by atoms with van der Waals surface area (Å²) < 4.78 is 1.22. The first-order valence-corrected chi connectivity index (χ1v) is 8.62. The Morgan fingerprint density at radius 1 is 1.19 bits per heavy atom. The van der Waals surface area contributed by atoms with Crippen molar-refractivity contribution in [3.63, 3.8) is 0 Å². The molecule has 1 heterocycles. The van der Waals surface area contributed by atoms with E-state index in [1.165, 1.54) is 10.6 Å². The molecule has 0 saturated heterocycles. The quantitative estimate of drug-likeness (QED) is 0.635. The molecule has 0 fully saturated rings. The van der Waals surface area contributed by atoms with E-state index < -0.39 is 23.5 Å². The van der Waals surface area contributed by atoms with Crippen LogP contribution in [0.25, 0.3) is 0 Å². The van der Waals surface area contributed by atoms with Gasteiger partial charge in [0.25, 0.3) is 11.5 Å². The van der Waals surface area contributed by atoms with Crippen molar-refractivity contribution in [3.05, 3.63) is 33.2 Å². The van der Waals surface area contributed by atoms with E-state index in [-0.39, 0.29) is 24.1 Å². The van der Waals surface area contributed by atoms with Crippen LogP contribution in [-0.4, -0.2) is 39.5 Å². The zero-order valence-electron chi connectivity index (χ0n) is 15.9. The van der Waals surface area contributed by atoms with Gasteiger partial charge < -0.3 is 20.3 Å². The molecule has 0 radical (unpaired) electrons. The highest BCUT2D eigenvalue weighted by Crippen LogP contribution is 2.12. The van der Waals surface area contributed by atoms with Gasteiger partial charge in [-0.25, -0.2) is 4.79 Å². The Morgan fingerprint density at radius 2 is 1.81 bits per heavy atom. The molecule has 1 rings (SSSR count). The highest BCUT2D eigenvalue weighted by atomic mass is 16.4. The number of amides is 2. The van der Waals surface area contributed by atoms with E-state index in [2.05, 4.69) is 10.6 Å². The van der Waals surface area contributed by atoms with E-state index >= 15 is 0 Å².